The minimum atomic E-state index is -0.511. The third kappa shape index (κ3) is 25.8. The Morgan fingerprint density at radius 3 is 1.30 bits per heavy atom. The molecule has 7 rings (SSSR count). The van der Waals surface area contributed by atoms with Gasteiger partial charge >= 0.3 is 84.3 Å². The van der Waals surface area contributed by atoms with Gasteiger partial charge < -0.3 is 46.4 Å². The van der Waals surface area contributed by atoms with E-state index in [9.17, 15) is 9.59 Å². The van der Waals surface area contributed by atoms with Crippen LogP contribution in [0.1, 0.15) is 156 Å². The fraction of sp³-hybridized carbons (Fsp3) is 0.400. The van der Waals surface area contributed by atoms with Crippen molar-refractivity contribution in [1.82, 2.24) is 0 Å². The summed E-state index contributed by atoms with van der Waals surface area (Å²) in [4.78, 5) is 25.0. The van der Waals surface area contributed by atoms with Gasteiger partial charge in [-0.15, -0.1) is 31.5 Å². The summed E-state index contributed by atoms with van der Waals surface area (Å²) in [5.41, 5.74) is 26.0. The fourth-order valence-electron chi connectivity index (χ4n) is 7.80. The monoisotopic (exact) mass is 1760 g/mol. The number of anilines is 2. The van der Waals surface area contributed by atoms with E-state index in [1.54, 1.807) is 25.4 Å². The predicted octanol–water partition coefficient (Wildman–Crippen LogP) is 17.2. The number of amides is 2. The maximum absolute atomic E-state index is 11.7. The zero-order valence-electron chi connectivity index (χ0n) is 53.1. The molecular weight excluding hydrogens is 1670 g/mol. The summed E-state index contributed by atoms with van der Waals surface area (Å²) in [6.45, 7) is 49.5. The molecule has 0 bridgehead atoms. The largest absolute Gasteiger partial charge is 2.00 e. The number of hydrogen-bond acceptors (Lipinski definition) is 4. The van der Waals surface area contributed by atoms with Crippen molar-refractivity contribution >= 4 is 29.3 Å². The van der Waals surface area contributed by atoms with Crippen LogP contribution in [0.5, 0.6) is 11.5 Å². The Kier molecular flexibility index (Phi) is 37.6. The average Bonchev–Trinajstić information content (AvgIpc) is 3.64. The summed E-state index contributed by atoms with van der Waals surface area (Å²) in [6.07, 6.45) is 6.01. The molecule has 6 aromatic carbocycles. The number of hydrogen-bond donors (Lipinski definition) is 0. The average molecular weight is 1760 g/mol. The first kappa shape index (κ1) is 80.4. The van der Waals surface area contributed by atoms with Gasteiger partial charge in [0.1, 0.15) is 0 Å². The van der Waals surface area contributed by atoms with Gasteiger partial charge in [-0.1, -0.05) is 87.1 Å². The van der Waals surface area contributed by atoms with Gasteiger partial charge in [-0.2, -0.15) is 115 Å². The van der Waals surface area contributed by atoms with Gasteiger partial charge in [0, 0.05) is 20.9 Å². The molecule has 2 amide bonds. The topological polar surface area (TPSA) is 59.1 Å². The number of ether oxygens (including phenoxy) is 2. The van der Waals surface area contributed by atoms with E-state index in [1.165, 1.54) is 111 Å². The molecule has 6 aromatic rings. The van der Waals surface area contributed by atoms with Gasteiger partial charge in [-0.3, -0.25) is 17.5 Å². The normalized spacial score (nSPS) is 11.1. The SMILES string of the molecule is C[C-]=C(C)c1[c-]c(C)cc(C)c1C.Cc1[c-]c(C[C-](C)C)c(C)c(C)c1.Cc1c[c-]c(N(C)C(=O)[C-](C)C)cc1C.Cc1c[c-]c(N(C)[C-]=O)cc1C.Cc1cc(C)c(C)cc1C.Cc1cc2c(cc1C)OC(C)(C)O2.[W+2].[W+2].[W+2].[W+2]. The summed E-state index contributed by atoms with van der Waals surface area (Å²) in [5.74, 6) is 3.46. The zero-order chi connectivity index (χ0) is 58.1. The van der Waals surface area contributed by atoms with Crippen molar-refractivity contribution in [2.24, 2.45) is 0 Å². The first-order valence-electron chi connectivity index (χ1n) is 26.2. The Morgan fingerprint density at radius 1 is 0.537 bits per heavy atom. The zero-order valence-corrected chi connectivity index (χ0v) is 64.9. The number of allylic oxidation sites excluding steroid dienone is 2. The molecule has 0 radical (unpaired) electrons. The van der Waals surface area contributed by atoms with Gasteiger partial charge in [-0.05, 0) is 94.1 Å². The van der Waals surface area contributed by atoms with Crippen molar-refractivity contribution in [2.75, 3.05) is 23.9 Å². The molecule has 1 aliphatic rings. The van der Waals surface area contributed by atoms with Gasteiger partial charge in [-0.25, -0.2) is 23.4 Å². The van der Waals surface area contributed by atoms with Crippen LogP contribution < -0.4 is 19.3 Å². The molecular formula is C70H90N2O4W4. The number of carbonyl (C=O) groups excluding carboxylic acids is 2. The fourth-order valence-corrected chi connectivity index (χ4v) is 7.80. The first-order chi connectivity index (χ1) is 35.2. The Labute approximate surface area is 544 Å². The first-order valence-corrected chi connectivity index (χ1v) is 26.2. The Balaban J connectivity index is -0.000000883. The summed E-state index contributed by atoms with van der Waals surface area (Å²) in [5, 5.41) is 0. The molecule has 0 aromatic heterocycles. The van der Waals surface area contributed by atoms with E-state index >= 15 is 0 Å². The van der Waals surface area contributed by atoms with Crippen LogP contribution in [-0.2, 0) is 100 Å². The quantitative estimate of drug-likeness (QED) is 0.118. The number of nitrogens with zero attached hydrogens (tertiary/aromatic N) is 2. The molecule has 428 valence electrons. The van der Waals surface area contributed by atoms with E-state index in [0.29, 0.717) is 0 Å². The third-order valence-corrected chi connectivity index (χ3v) is 13.6. The van der Waals surface area contributed by atoms with Crippen molar-refractivity contribution in [3.05, 3.63) is 203 Å². The summed E-state index contributed by atoms with van der Waals surface area (Å²) < 4.78 is 11.2. The number of fused-ring (bicyclic) bond motifs is 1. The van der Waals surface area contributed by atoms with Crippen LogP contribution in [0, 0.1) is 153 Å². The van der Waals surface area contributed by atoms with Crippen molar-refractivity contribution in [2.45, 2.75) is 178 Å². The minimum absolute atomic E-state index is 0. The molecule has 0 N–H and O–H groups in total. The summed E-state index contributed by atoms with van der Waals surface area (Å²) in [7, 11) is 3.43. The van der Waals surface area contributed by atoms with Crippen LogP contribution in [-0.4, -0.2) is 32.2 Å². The van der Waals surface area contributed by atoms with Crippen LogP contribution >= 0.6 is 0 Å². The van der Waals surface area contributed by atoms with Gasteiger partial charge in [0.05, 0.1) is 12.3 Å². The molecule has 0 atom stereocenters. The molecule has 0 spiro atoms. The number of carbonyl (C=O) groups is 1. The van der Waals surface area contributed by atoms with Crippen molar-refractivity contribution < 1.29 is 103 Å². The van der Waals surface area contributed by atoms with Crippen LogP contribution in [0.3, 0.4) is 0 Å². The second kappa shape index (κ2) is 37.4. The smallest absolute Gasteiger partial charge is 0.501 e. The van der Waals surface area contributed by atoms with Crippen LogP contribution in [0.2, 0.25) is 0 Å². The molecule has 0 fully saturated rings. The molecule has 10 heteroatoms. The van der Waals surface area contributed by atoms with E-state index in [2.05, 4.69) is 158 Å². The van der Waals surface area contributed by atoms with E-state index in [4.69, 9.17) is 9.47 Å². The molecule has 1 heterocycles. The molecule has 80 heavy (non-hydrogen) atoms. The summed E-state index contributed by atoms with van der Waals surface area (Å²) in [6, 6.07) is 33.5. The molecule has 6 nitrogen and oxygen atoms in total. The molecule has 0 unspecified atom stereocenters. The summed E-state index contributed by atoms with van der Waals surface area (Å²) >= 11 is 0. The number of rotatable bonds is 7. The van der Waals surface area contributed by atoms with Crippen LogP contribution in [0.25, 0.3) is 5.57 Å². The van der Waals surface area contributed by atoms with E-state index < -0.39 is 5.79 Å². The van der Waals surface area contributed by atoms with Gasteiger partial charge in [0.15, 0.2) is 11.5 Å². The number of benzene rings is 6. The van der Waals surface area contributed by atoms with E-state index in [-0.39, 0.29) is 90.2 Å². The van der Waals surface area contributed by atoms with Crippen LogP contribution in [0.15, 0.2) is 60.7 Å². The Hall–Kier alpha value is -3.78. The van der Waals surface area contributed by atoms with E-state index in [0.717, 1.165) is 40.8 Å². The van der Waals surface area contributed by atoms with E-state index in [1.807, 2.05) is 98.7 Å². The van der Waals surface area contributed by atoms with Gasteiger partial charge in [0.2, 0.25) is 5.79 Å². The standard InChI is InChI=1S/C13H17NO.C13H18.C13H16.C11H14O2.C10H11NO.C10H14.4W/c1-9(2)13(15)14(5)12-7-6-10(3)11(4)8-12;1-9(2)6-13-8-10(3)7-11(4)12(13)5;1-6-10(3)13-8-9(2)7-11(4)12(13)5;1-7-5-9-10(6-8(7)2)13-11(3,4)12-9;1-8-4-5-10(6-9(8)2)11(3)7-12;1-7-5-9(3)10(4)6-8(7)2;;;;/h6,8H,1-5H3;7H,6H2,1-5H3;7H,1-5H3;5-6H,1-4H3;4,6H,1-3H3;5-6H,1-4H3;;;;/q3*-2;;-2;;4*+2. The minimum Gasteiger partial charge on any atom is -0.501 e. The Morgan fingerprint density at radius 2 is 0.912 bits per heavy atom. The molecule has 0 saturated carbocycles. The molecule has 0 saturated heterocycles. The maximum Gasteiger partial charge on any atom is 2.00 e. The number of aryl methyl sites for hydroxylation is 14. The van der Waals surface area contributed by atoms with Crippen molar-refractivity contribution in [3.8, 4) is 11.5 Å². The van der Waals surface area contributed by atoms with Gasteiger partial charge in [0.25, 0.3) is 0 Å². The van der Waals surface area contributed by atoms with Crippen molar-refractivity contribution in [3.63, 3.8) is 0 Å². The maximum atomic E-state index is 11.7. The predicted molar refractivity (Wildman–Crippen MR) is 324 cm³/mol. The molecule has 1 aliphatic heterocycles. The van der Waals surface area contributed by atoms with Crippen molar-refractivity contribution in [1.29, 1.82) is 0 Å². The second-order valence-electron chi connectivity index (χ2n) is 21.5. The van der Waals surface area contributed by atoms with Crippen LogP contribution in [0.4, 0.5) is 11.4 Å². The second-order valence-corrected chi connectivity index (χ2v) is 21.5. The molecule has 0 aliphatic carbocycles. The third-order valence-electron chi connectivity index (χ3n) is 13.6. The Bertz CT molecular complexity index is 2870.